The van der Waals surface area contributed by atoms with Gasteiger partial charge in [-0.3, -0.25) is 9.59 Å². The molecule has 0 spiro atoms. The smallest absolute Gasteiger partial charge is 0.406 e. The van der Waals surface area contributed by atoms with Crippen molar-refractivity contribution in [3.63, 3.8) is 0 Å². The van der Waals surface area contributed by atoms with Gasteiger partial charge in [-0.1, -0.05) is 18.2 Å². The van der Waals surface area contributed by atoms with Crippen LogP contribution in [-0.4, -0.2) is 47.7 Å². The van der Waals surface area contributed by atoms with E-state index in [-0.39, 0.29) is 17.0 Å². The summed E-state index contributed by atoms with van der Waals surface area (Å²) >= 11 is 0. The molecule has 0 aliphatic carbocycles. The van der Waals surface area contributed by atoms with Gasteiger partial charge >= 0.3 is 12.1 Å². The first kappa shape index (κ1) is 17.0. The van der Waals surface area contributed by atoms with Crippen molar-refractivity contribution in [2.24, 2.45) is 5.73 Å². The molecule has 0 aliphatic rings. The van der Waals surface area contributed by atoms with Crippen molar-refractivity contribution in [1.82, 2.24) is 4.90 Å². The van der Waals surface area contributed by atoms with Gasteiger partial charge in [0.15, 0.2) is 0 Å². The van der Waals surface area contributed by atoms with Crippen LogP contribution in [0.1, 0.15) is 15.9 Å². The lowest BCUT2D eigenvalue weighted by atomic mass is 10.0. The van der Waals surface area contributed by atoms with E-state index < -0.39 is 31.1 Å². The topological polar surface area (TPSA) is 83.6 Å². The molecule has 5 nitrogen and oxygen atoms in total. The molecule has 0 saturated heterocycles. The number of carboxylic acids is 1. The lowest BCUT2D eigenvalue weighted by Crippen LogP contribution is -2.42. The van der Waals surface area contributed by atoms with Gasteiger partial charge in [-0.15, -0.1) is 0 Å². The molecule has 0 bridgehead atoms. The van der Waals surface area contributed by atoms with Crippen molar-refractivity contribution in [3.05, 3.63) is 35.4 Å². The minimum Gasteiger partial charge on any atom is -0.480 e. The third-order valence-electron chi connectivity index (χ3n) is 2.64. The molecule has 8 heteroatoms. The first-order valence-electron chi connectivity index (χ1n) is 6.10. The van der Waals surface area contributed by atoms with Crippen LogP contribution in [0.15, 0.2) is 24.3 Å². The molecule has 1 aromatic carbocycles. The van der Waals surface area contributed by atoms with Crippen LogP contribution in [0.4, 0.5) is 13.2 Å². The molecule has 1 rings (SSSR count). The quantitative estimate of drug-likeness (QED) is 0.829. The molecule has 1 aromatic rings. The number of rotatable bonds is 6. The van der Waals surface area contributed by atoms with Crippen LogP contribution in [0, 0.1) is 0 Å². The van der Waals surface area contributed by atoms with E-state index in [0.29, 0.717) is 12.0 Å². The highest BCUT2D eigenvalue weighted by molar-refractivity contribution is 5.97. The van der Waals surface area contributed by atoms with Crippen LogP contribution in [-0.2, 0) is 11.2 Å². The van der Waals surface area contributed by atoms with Crippen LogP contribution in [0.3, 0.4) is 0 Å². The number of carbonyl (C=O) groups is 2. The van der Waals surface area contributed by atoms with Gasteiger partial charge in [0.05, 0.1) is 0 Å². The minimum absolute atomic E-state index is 0.0356. The van der Waals surface area contributed by atoms with E-state index in [1.165, 1.54) is 12.1 Å². The van der Waals surface area contributed by atoms with Crippen molar-refractivity contribution < 1.29 is 27.9 Å². The Morgan fingerprint density at radius 2 is 1.86 bits per heavy atom. The zero-order valence-electron chi connectivity index (χ0n) is 11.1. The highest BCUT2D eigenvalue weighted by Crippen LogP contribution is 2.19. The van der Waals surface area contributed by atoms with Crippen LogP contribution in [0.25, 0.3) is 0 Å². The summed E-state index contributed by atoms with van der Waals surface area (Å²) in [6.07, 6.45) is -4.36. The fourth-order valence-electron chi connectivity index (χ4n) is 1.85. The number of alkyl halides is 3. The molecular weight excluding hydrogens is 289 g/mol. The van der Waals surface area contributed by atoms with Gasteiger partial charge in [-0.05, 0) is 24.6 Å². The average Bonchev–Trinajstić information content (AvgIpc) is 2.36. The lowest BCUT2D eigenvalue weighted by Gasteiger charge is -2.23. The number of carbonyl (C=O) groups excluding carboxylic acids is 1. The largest absolute Gasteiger partial charge is 0.480 e. The molecule has 116 valence electrons. The second-order valence-electron chi connectivity index (χ2n) is 4.37. The van der Waals surface area contributed by atoms with Gasteiger partial charge < -0.3 is 15.7 Å². The van der Waals surface area contributed by atoms with Gasteiger partial charge in [0.25, 0.3) is 5.91 Å². The average molecular weight is 304 g/mol. The molecule has 0 aliphatic heterocycles. The summed E-state index contributed by atoms with van der Waals surface area (Å²) in [7, 11) is 0. The van der Waals surface area contributed by atoms with Crippen LogP contribution < -0.4 is 5.73 Å². The summed E-state index contributed by atoms with van der Waals surface area (Å²) in [4.78, 5) is 23.1. The molecule has 0 unspecified atom stereocenters. The number of carboxylic acid groups (broad SMARTS) is 1. The van der Waals surface area contributed by atoms with E-state index in [0.717, 1.165) is 0 Å². The molecule has 3 N–H and O–H groups in total. The predicted molar refractivity (Wildman–Crippen MR) is 68.8 cm³/mol. The molecule has 0 heterocycles. The Morgan fingerprint density at radius 3 is 2.38 bits per heavy atom. The van der Waals surface area contributed by atoms with Gasteiger partial charge in [-0.25, -0.2) is 0 Å². The van der Waals surface area contributed by atoms with Crippen molar-refractivity contribution >= 4 is 11.9 Å². The van der Waals surface area contributed by atoms with Crippen LogP contribution in [0.2, 0.25) is 0 Å². The van der Waals surface area contributed by atoms with E-state index in [4.69, 9.17) is 10.8 Å². The van der Waals surface area contributed by atoms with Gasteiger partial charge in [0, 0.05) is 5.56 Å². The molecule has 21 heavy (non-hydrogen) atoms. The number of halogens is 3. The summed E-state index contributed by atoms with van der Waals surface area (Å²) in [5, 5.41) is 8.67. The van der Waals surface area contributed by atoms with E-state index in [1.807, 2.05) is 0 Å². The Kier molecular flexibility index (Phi) is 5.71. The SMILES string of the molecule is NCCc1ccccc1C(=O)N(CC(=O)O)CC(F)(F)F. The van der Waals surface area contributed by atoms with Crippen molar-refractivity contribution in [3.8, 4) is 0 Å². The highest BCUT2D eigenvalue weighted by atomic mass is 19.4. The third kappa shape index (κ3) is 5.42. The number of hydrogen-bond acceptors (Lipinski definition) is 3. The maximum atomic E-state index is 12.5. The predicted octanol–water partition coefficient (Wildman–Crippen LogP) is 1.28. The Bertz CT molecular complexity index is 518. The summed E-state index contributed by atoms with van der Waals surface area (Å²) in [6, 6.07) is 6.07. The summed E-state index contributed by atoms with van der Waals surface area (Å²) in [5.41, 5.74) is 5.91. The first-order chi connectivity index (χ1) is 9.74. The van der Waals surface area contributed by atoms with Crippen molar-refractivity contribution in [1.29, 1.82) is 0 Å². The molecular formula is C13H15F3N2O3. The number of benzene rings is 1. The number of nitrogens with two attached hydrogens (primary N) is 1. The maximum Gasteiger partial charge on any atom is 0.406 e. The van der Waals surface area contributed by atoms with E-state index in [2.05, 4.69) is 0 Å². The minimum atomic E-state index is -4.67. The molecule has 0 saturated carbocycles. The maximum absolute atomic E-state index is 12.5. The zero-order chi connectivity index (χ0) is 16.0. The van der Waals surface area contributed by atoms with E-state index in [1.54, 1.807) is 12.1 Å². The Hall–Kier alpha value is -2.09. The highest BCUT2D eigenvalue weighted by Gasteiger charge is 2.34. The number of hydrogen-bond donors (Lipinski definition) is 2. The normalized spacial score (nSPS) is 11.2. The second kappa shape index (κ2) is 7.07. The van der Waals surface area contributed by atoms with Crippen molar-refractivity contribution in [2.45, 2.75) is 12.6 Å². The standard InChI is InChI=1S/C13H15F3N2O3/c14-13(15,16)8-18(7-11(19)20)12(21)10-4-2-1-3-9(10)5-6-17/h1-4H,5-8,17H2,(H,19,20). The summed E-state index contributed by atoms with van der Waals surface area (Å²) in [6.45, 7) is -2.41. The zero-order valence-corrected chi connectivity index (χ0v) is 11.1. The molecule has 0 radical (unpaired) electrons. The van der Waals surface area contributed by atoms with Crippen molar-refractivity contribution in [2.75, 3.05) is 19.6 Å². The Morgan fingerprint density at radius 1 is 1.24 bits per heavy atom. The number of nitrogens with zero attached hydrogens (tertiary/aromatic N) is 1. The van der Waals surface area contributed by atoms with Crippen LogP contribution in [0.5, 0.6) is 0 Å². The Balaban J connectivity index is 3.07. The third-order valence-corrected chi connectivity index (χ3v) is 2.64. The summed E-state index contributed by atoms with van der Waals surface area (Å²) in [5.74, 6) is -2.48. The summed E-state index contributed by atoms with van der Waals surface area (Å²) < 4.78 is 37.4. The van der Waals surface area contributed by atoms with Gasteiger partial charge in [0.2, 0.25) is 0 Å². The van der Waals surface area contributed by atoms with Gasteiger partial charge in [-0.2, -0.15) is 13.2 Å². The van der Waals surface area contributed by atoms with E-state index >= 15 is 0 Å². The van der Waals surface area contributed by atoms with E-state index in [9.17, 15) is 22.8 Å². The fourth-order valence-corrected chi connectivity index (χ4v) is 1.85. The molecule has 0 atom stereocenters. The number of aliphatic carboxylic acids is 1. The number of amides is 1. The Labute approximate surface area is 119 Å². The monoisotopic (exact) mass is 304 g/mol. The lowest BCUT2D eigenvalue weighted by molar-refractivity contribution is -0.149. The molecule has 0 fully saturated rings. The molecule has 0 aromatic heterocycles. The second-order valence-corrected chi connectivity index (χ2v) is 4.37. The van der Waals surface area contributed by atoms with Crippen LogP contribution >= 0.6 is 0 Å². The first-order valence-corrected chi connectivity index (χ1v) is 6.10. The van der Waals surface area contributed by atoms with Gasteiger partial charge in [0.1, 0.15) is 13.1 Å². The fraction of sp³-hybridized carbons (Fsp3) is 0.385. The molecule has 1 amide bonds.